The maximum Gasteiger partial charge on any atom is 0.336 e. The number of nitro groups is 1. The first-order valence-corrected chi connectivity index (χ1v) is 9.49. The molecule has 1 heterocycles. The van der Waals surface area contributed by atoms with Crippen molar-refractivity contribution in [1.29, 1.82) is 0 Å². The van der Waals surface area contributed by atoms with Gasteiger partial charge in [-0.3, -0.25) is 10.1 Å². The topological polar surface area (TPSA) is 92.5 Å². The smallest absolute Gasteiger partial charge is 0.336 e. The highest BCUT2D eigenvalue weighted by Gasteiger charge is 2.44. The predicted molar refractivity (Wildman–Crippen MR) is 108 cm³/mol. The molecule has 0 bridgehead atoms. The molecule has 1 aliphatic heterocycles. The monoisotopic (exact) mass is 386 g/mol. The second-order valence-corrected chi connectivity index (χ2v) is 7.59. The van der Waals surface area contributed by atoms with Crippen LogP contribution in [0.4, 0.5) is 11.4 Å². The number of aromatic carboxylic acids is 1. The van der Waals surface area contributed by atoms with E-state index in [-0.39, 0.29) is 34.1 Å². The van der Waals surface area contributed by atoms with Crippen LogP contribution in [0.15, 0.2) is 66.7 Å². The molecule has 0 amide bonds. The summed E-state index contributed by atoms with van der Waals surface area (Å²) in [6.45, 7) is 0. The Balaban J connectivity index is 1.71. The number of rotatable bonds is 3. The molecular formula is C23H18N2O4. The normalized spacial score (nSPS) is 21.4. The zero-order valence-electron chi connectivity index (χ0n) is 15.4. The summed E-state index contributed by atoms with van der Waals surface area (Å²) in [6, 6.07) is 19.9. The third kappa shape index (κ3) is 2.68. The lowest BCUT2D eigenvalue weighted by Crippen LogP contribution is -2.31. The zero-order valence-corrected chi connectivity index (χ0v) is 15.4. The molecule has 6 nitrogen and oxygen atoms in total. The standard InChI is InChI=1S/C23H18N2O4/c26-23(27)17-8-4-3-7-16(17)22-19-11-13-5-1-2-6-15(13)21(19)18-12-14(25(28)29)9-10-20(18)24-22/h1-10,12,19,21-22,24H,11H2,(H,26,27)/t19-,21-,22+/m1/s1. The van der Waals surface area contributed by atoms with Crippen molar-refractivity contribution in [1.82, 2.24) is 0 Å². The minimum Gasteiger partial charge on any atom is -0.478 e. The Kier molecular flexibility index (Phi) is 3.87. The van der Waals surface area contributed by atoms with Crippen molar-refractivity contribution in [3.05, 3.63) is 105 Å². The molecule has 3 atom stereocenters. The van der Waals surface area contributed by atoms with Crippen LogP contribution in [0.3, 0.4) is 0 Å². The fourth-order valence-electron chi connectivity index (χ4n) is 4.93. The Labute approximate surface area is 167 Å². The highest BCUT2D eigenvalue weighted by molar-refractivity contribution is 5.90. The van der Waals surface area contributed by atoms with Gasteiger partial charge in [-0.2, -0.15) is 0 Å². The predicted octanol–water partition coefficient (Wildman–Crippen LogP) is 4.76. The fourth-order valence-corrected chi connectivity index (χ4v) is 4.93. The van der Waals surface area contributed by atoms with Gasteiger partial charge in [0, 0.05) is 23.7 Å². The number of hydrogen-bond acceptors (Lipinski definition) is 4. The van der Waals surface area contributed by atoms with E-state index in [4.69, 9.17) is 0 Å². The van der Waals surface area contributed by atoms with Gasteiger partial charge in [0.25, 0.3) is 5.69 Å². The number of nitro benzene ring substituents is 1. The largest absolute Gasteiger partial charge is 0.478 e. The lowest BCUT2D eigenvalue weighted by Gasteiger charge is -2.38. The second-order valence-electron chi connectivity index (χ2n) is 7.59. The number of hydrogen-bond donors (Lipinski definition) is 2. The lowest BCUT2D eigenvalue weighted by molar-refractivity contribution is -0.384. The summed E-state index contributed by atoms with van der Waals surface area (Å²) in [5.74, 6) is -0.902. The number of carboxylic acids is 1. The van der Waals surface area contributed by atoms with Gasteiger partial charge in [-0.05, 0) is 46.7 Å². The van der Waals surface area contributed by atoms with Crippen LogP contribution < -0.4 is 5.32 Å². The van der Waals surface area contributed by atoms with E-state index >= 15 is 0 Å². The van der Waals surface area contributed by atoms with Crippen molar-refractivity contribution in [2.45, 2.75) is 18.4 Å². The average molecular weight is 386 g/mol. The Morgan fingerprint density at radius 2 is 1.72 bits per heavy atom. The van der Waals surface area contributed by atoms with E-state index in [1.165, 1.54) is 17.2 Å². The number of carbonyl (C=O) groups is 1. The van der Waals surface area contributed by atoms with Gasteiger partial charge in [0.05, 0.1) is 16.5 Å². The number of non-ortho nitro benzene ring substituents is 1. The first kappa shape index (κ1) is 17.4. The van der Waals surface area contributed by atoms with Crippen LogP contribution in [0.1, 0.15) is 44.6 Å². The minimum absolute atomic E-state index is 0.0193. The van der Waals surface area contributed by atoms with E-state index in [0.717, 1.165) is 23.2 Å². The maximum atomic E-state index is 11.8. The molecule has 0 fully saturated rings. The molecule has 1 aliphatic carbocycles. The Morgan fingerprint density at radius 1 is 1.00 bits per heavy atom. The number of nitrogens with zero attached hydrogens (tertiary/aromatic N) is 1. The summed E-state index contributed by atoms with van der Waals surface area (Å²) in [5, 5.41) is 24.5. The molecule has 2 aliphatic rings. The van der Waals surface area contributed by atoms with Crippen LogP contribution in [-0.4, -0.2) is 16.0 Å². The van der Waals surface area contributed by atoms with Gasteiger partial charge in [-0.1, -0.05) is 42.5 Å². The van der Waals surface area contributed by atoms with Crippen LogP contribution in [-0.2, 0) is 6.42 Å². The number of carboxylic acid groups (broad SMARTS) is 1. The molecule has 0 spiro atoms. The third-order valence-corrected chi connectivity index (χ3v) is 6.12. The first-order chi connectivity index (χ1) is 14.0. The van der Waals surface area contributed by atoms with Gasteiger partial charge in [0.1, 0.15) is 0 Å². The summed E-state index contributed by atoms with van der Waals surface area (Å²) >= 11 is 0. The molecule has 0 aromatic heterocycles. The van der Waals surface area contributed by atoms with Crippen molar-refractivity contribution >= 4 is 17.3 Å². The van der Waals surface area contributed by atoms with E-state index in [9.17, 15) is 20.0 Å². The molecule has 0 unspecified atom stereocenters. The van der Waals surface area contributed by atoms with E-state index in [0.29, 0.717) is 0 Å². The summed E-state index contributed by atoms with van der Waals surface area (Å²) in [6.07, 6.45) is 0.786. The van der Waals surface area contributed by atoms with E-state index in [1.54, 1.807) is 24.3 Å². The molecule has 144 valence electrons. The third-order valence-electron chi connectivity index (χ3n) is 6.12. The molecule has 6 heteroatoms. The summed E-state index contributed by atoms with van der Waals surface area (Å²) in [7, 11) is 0. The summed E-state index contributed by atoms with van der Waals surface area (Å²) in [4.78, 5) is 22.8. The van der Waals surface area contributed by atoms with Crippen molar-refractivity contribution in [3.63, 3.8) is 0 Å². The van der Waals surface area contributed by atoms with E-state index in [1.807, 2.05) is 24.3 Å². The van der Waals surface area contributed by atoms with Gasteiger partial charge in [-0.25, -0.2) is 4.79 Å². The zero-order chi connectivity index (χ0) is 20.1. The molecule has 0 radical (unpaired) electrons. The van der Waals surface area contributed by atoms with Gasteiger partial charge < -0.3 is 10.4 Å². The number of fused-ring (bicyclic) bond motifs is 5. The fraction of sp³-hybridized carbons (Fsp3) is 0.174. The molecule has 0 saturated carbocycles. The molecule has 29 heavy (non-hydrogen) atoms. The van der Waals surface area contributed by atoms with Crippen LogP contribution >= 0.6 is 0 Å². The average Bonchev–Trinajstić information content (AvgIpc) is 3.12. The van der Waals surface area contributed by atoms with Gasteiger partial charge in [0.15, 0.2) is 0 Å². The molecule has 2 N–H and O–H groups in total. The maximum absolute atomic E-state index is 11.8. The minimum atomic E-state index is -0.955. The molecule has 5 rings (SSSR count). The number of anilines is 1. The van der Waals surface area contributed by atoms with E-state index in [2.05, 4.69) is 17.4 Å². The van der Waals surface area contributed by atoms with Crippen molar-refractivity contribution in [2.75, 3.05) is 5.32 Å². The first-order valence-electron chi connectivity index (χ1n) is 9.49. The lowest BCUT2D eigenvalue weighted by atomic mass is 9.75. The summed E-state index contributed by atoms with van der Waals surface area (Å²) < 4.78 is 0. The molecular weight excluding hydrogens is 368 g/mol. The Morgan fingerprint density at radius 3 is 2.48 bits per heavy atom. The van der Waals surface area contributed by atoms with Gasteiger partial charge in [-0.15, -0.1) is 0 Å². The summed E-state index contributed by atoms with van der Waals surface area (Å²) in [5.41, 5.74) is 5.19. The molecule has 3 aromatic rings. The van der Waals surface area contributed by atoms with Crippen LogP contribution in [0.25, 0.3) is 0 Å². The van der Waals surface area contributed by atoms with Gasteiger partial charge in [0.2, 0.25) is 0 Å². The number of benzene rings is 3. The Bertz CT molecular complexity index is 1160. The van der Waals surface area contributed by atoms with Crippen molar-refractivity contribution in [3.8, 4) is 0 Å². The van der Waals surface area contributed by atoms with E-state index < -0.39 is 5.97 Å². The van der Waals surface area contributed by atoms with Crippen molar-refractivity contribution in [2.24, 2.45) is 5.92 Å². The highest BCUT2D eigenvalue weighted by atomic mass is 16.6. The van der Waals surface area contributed by atoms with Crippen LogP contribution in [0.2, 0.25) is 0 Å². The number of nitrogens with one attached hydrogen (secondary N) is 1. The van der Waals surface area contributed by atoms with Crippen LogP contribution in [0, 0.1) is 16.0 Å². The molecule has 0 saturated heterocycles. The van der Waals surface area contributed by atoms with Gasteiger partial charge >= 0.3 is 5.97 Å². The van der Waals surface area contributed by atoms with Crippen molar-refractivity contribution < 1.29 is 14.8 Å². The highest BCUT2D eigenvalue weighted by Crippen LogP contribution is 2.54. The molecule has 3 aromatic carbocycles. The second kappa shape index (κ2) is 6.44. The Hall–Kier alpha value is -3.67. The quantitative estimate of drug-likeness (QED) is 0.500. The SMILES string of the molecule is O=C(O)c1ccccc1[C@@H]1Nc2ccc([N+](=O)[O-])cc2[C@H]2c3ccccc3C[C@H]21. The van der Waals surface area contributed by atoms with Crippen LogP contribution in [0.5, 0.6) is 0 Å².